The van der Waals surface area contributed by atoms with Crippen LogP contribution in [-0.4, -0.2) is 11.9 Å². The fourth-order valence-corrected chi connectivity index (χ4v) is 3.03. The molecule has 0 aliphatic carbocycles. The third kappa shape index (κ3) is 1.63. The van der Waals surface area contributed by atoms with Gasteiger partial charge in [0.2, 0.25) is 5.91 Å². The fourth-order valence-electron chi connectivity index (χ4n) is 2.16. The molecule has 0 bridgehead atoms. The Morgan fingerprint density at radius 1 is 1.22 bits per heavy atom. The van der Waals surface area contributed by atoms with Gasteiger partial charge in [0.15, 0.2) is 0 Å². The van der Waals surface area contributed by atoms with Crippen molar-refractivity contribution in [1.82, 2.24) is 0 Å². The van der Waals surface area contributed by atoms with Crippen LogP contribution in [0.15, 0.2) is 41.8 Å². The molecule has 1 amide bonds. The lowest BCUT2D eigenvalue weighted by atomic mass is 9.93. The number of rotatable bonds is 2. The van der Waals surface area contributed by atoms with Crippen molar-refractivity contribution in [2.24, 2.45) is 5.73 Å². The van der Waals surface area contributed by atoms with Crippen molar-refractivity contribution in [3.8, 4) is 0 Å². The molecule has 0 radical (unpaired) electrons. The molecule has 3 nitrogen and oxygen atoms in total. The van der Waals surface area contributed by atoms with Crippen LogP contribution in [0.3, 0.4) is 0 Å². The summed E-state index contributed by atoms with van der Waals surface area (Å²) in [5.41, 5.74) is 6.54. The number of thiophene rings is 1. The van der Waals surface area contributed by atoms with Gasteiger partial charge in [-0.15, -0.1) is 11.3 Å². The monoisotopic (exact) mass is 262 g/mol. The standard InChI is InChI=1S/C13H11FN2OS/c14-8-3-5-9(6-4-8)16-12(11(15)13(16)17)10-2-1-7-18-10/h1-7,11-12H,15H2/t11-,12+/m1/s1. The first kappa shape index (κ1) is 11.4. The zero-order valence-corrected chi connectivity index (χ0v) is 10.2. The Morgan fingerprint density at radius 2 is 1.94 bits per heavy atom. The van der Waals surface area contributed by atoms with E-state index in [-0.39, 0.29) is 17.8 Å². The van der Waals surface area contributed by atoms with Crippen LogP contribution in [-0.2, 0) is 4.79 Å². The zero-order valence-electron chi connectivity index (χ0n) is 9.42. The topological polar surface area (TPSA) is 46.3 Å². The number of carbonyl (C=O) groups excluding carboxylic acids is 1. The van der Waals surface area contributed by atoms with Crippen LogP contribution in [0, 0.1) is 5.82 Å². The molecule has 1 aromatic heterocycles. The highest BCUT2D eigenvalue weighted by Gasteiger charge is 2.47. The second kappa shape index (κ2) is 4.19. The van der Waals surface area contributed by atoms with Gasteiger partial charge in [-0.2, -0.15) is 0 Å². The van der Waals surface area contributed by atoms with Crippen molar-refractivity contribution in [3.05, 3.63) is 52.5 Å². The minimum Gasteiger partial charge on any atom is -0.318 e. The normalized spacial score (nSPS) is 23.0. The van der Waals surface area contributed by atoms with E-state index in [1.807, 2.05) is 17.5 Å². The Balaban J connectivity index is 1.95. The highest BCUT2D eigenvalue weighted by molar-refractivity contribution is 7.10. The van der Waals surface area contributed by atoms with E-state index in [4.69, 9.17) is 5.73 Å². The van der Waals surface area contributed by atoms with Gasteiger partial charge in [-0.05, 0) is 35.7 Å². The zero-order chi connectivity index (χ0) is 12.7. The molecule has 0 saturated carbocycles. The molecule has 1 saturated heterocycles. The minimum atomic E-state index is -0.506. The van der Waals surface area contributed by atoms with Crippen LogP contribution in [0.4, 0.5) is 10.1 Å². The van der Waals surface area contributed by atoms with Gasteiger partial charge < -0.3 is 10.6 Å². The Kier molecular flexibility index (Phi) is 2.65. The molecule has 1 aliphatic rings. The number of halogens is 1. The first-order chi connectivity index (χ1) is 8.68. The van der Waals surface area contributed by atoms with Crippen LogP contribution in [0.2, 0.25) is 0 Å². The highest BCUT2D eigenvalue weighted by atomic mass is 32.1. The van der Waals surface area contributed by atoms with Crippen LogP contribution >= 0.6 is 11.3 Å². The van der Waals surface area contributed by atoms with Crippen molar-refractivity contribution in [2.75, 3.05) is 4.90 Å². The maximum Gasteiger partial charge on any atom is 0.247 e. The molecule has 1 aromatic carbocycles. The maximum atomic E-state index is 12.9. The molecule has 18 heavy (non-hydrogen) atoms. The van der Waals surface area contributed by atoms with Crippen molar-refractivity contribution >= 4 is 22.9 Å². The lowest BCUT2D eigenvalue weighted by Gasteiger charge is -2.44. The summed E-state index contributed by atoms with van der Waals surface area (Å²) < 4.78 is 12.9. The summed E-state index contributed by atoms with van der Waals surface area (Å²) in [6.07, 6.45) is 0. The maximum absolute atomic E-state index is 12.9. The van der Waals surface area contributed by atoms with Crippen LogP contribution in [0.5, 0.6) is 0 Å². The van der Waals surface area contributed by atoms with Gasteiger partial charge in [-0.3, -0.25) is 4.79 Å². The second-order valence-electron chi connectivity index (χ2n) is 4.17. The molecule has 2 heterocycles. The van der Waals surface area contributed by atoms with Crippen molar-refractivity contribution in [1.29, 1.82) is 0 Å². The van der Waals surface area contributed by atoms with Crippen LogP contribution < -0.4 is 10.6 Å². The van der Waals surface area contributed by atoms with Crippen LogP contribution in [0.1, 0.15) is 10.9 Å². The third-order valence-electron chi connectivity index (χ3n) is 3.08. The van der Waals surface area contributed by atoms with Gasteiger partial charge in [0.1, 0.15) is 11.9 Å². The van der Waals surface area contributed by atoms with Gasteiger partial charge in [0.05, 0.1) is 6.04 Å². The first-order valence-electron chi connectivity index (χ1n) is 5.56. The van der Waals surface area contributed by atoms with E-state index in [1.54, 1.807) is 28.4 Å². The molecule has 92 valence electrons. The van der Waals surface area contributed by atoms with E-state index in [2.05, 4.69) is 0 Å². The molecule has 1 aliphatic heterocycles. The Bertz CT molecular complexity index is 567. The minimum absolute atomic E-state index is 0.125. The van der Waals surface area contributed by atoms with Crippen LogP contribution in [0.25, 0.3) is 0 Å². The average molecular weight is 262 g/mol. The first-order valence-corrected chi connectivity index (χ1v) is 6.44. The molecule has 0 unspecified atom stereocenters. The molecular formula is C13H11FN2OS. The van der Waals surface area contributed by atoms with E-state index in [1.165, 1.54) is 12.1 Å². The number of β-lactam (4-membered cyclic amide) rings is 1. The summed E-state index contributed by atoms with van der Waals surface area (Å²) in [6, 6.07) is 9.13. The third-order valence-corrected chi connectivity index (χ3v) is 4.02. The largest absolute Gasteiger partial charge is 0.318 e. The van der Waals surface area contributed by atoms with Gasteiger partial charge in [0, 0.05) is 10.6 Å². The molecule has 3 rings (SSSR count). The quantitative estimate of drug-likeness (QED) is 0.844. The number of anilines is 1. The molecule has 1 fully saturated rings. The predicted molar refractivity (Wildman–Crippen MR) is 68.9 cm³/mol. The predicted octanol–water partition coefficient (Wildman–Crippen LogP) is 2.30. The summed E-state index contributed by atoms with van der Waals surface area (Å²) in [5, 5.41) is 1.95. The lowest BCUT2D eigenvalue weighted by Crippen LogP contribution is -2.63. The Hall–Kier alpha value is -1.72. The molecule has 2 aromatic rings. The number of benzene rings is 1. The number of carbonyl (C=O) groups is 1. The number of hydrogen-bond acceptors (Lipinski definition) is 3. The number of amides is 1. The lowest BCUT2D eigenvalue weighted by molar-refractivity contribution is -0.126. The summed E-state index contributed by atoms with van der Waals surface area (Å²) >= 11 is 1.57. The summed E-state index contributed by atoms with van der Waals surface area (Å²) in [7, 11) is 0. The van der Waals surface area contributed by atoms with Crippen molar-refractivity contribution in [2.45, 2.75) is 12.1 Å². The smallest absolute Gasteiger partial charge is 0.247 e. The fraction of sp³-hybridized carbons (Fsp3) is 0.154. The van der Waals surface area contributed by atoms with E-state index >= 15 is 0 Å². The highest BCUT2D eigenvalue weighted by Crippen LogP contribution is 2.39. The van der Waals surface area contributed by atoms with Crippen molar-refractivity contribution in [3.63, 3.8) is 0 Å². The second-order valence-corrected chi connectivity index (χ2v) is 5.15. The van der Waals surface area contributed by atoms with E-state index in [9.17, 15) is 9.18 Å². The average Bonchev–Trinajstić information content (AvgIpc) is 2.89. The van der Waals surface area contributed by atoms with Gasteiger partial charge >= 0.3 is 0 Å². The van der Waals surface area contributed by atoms with Gasteiger partial charge in [0.25, 0.3) is 0 Å². The molecule has 2 atom stereocenters. The SMILES string of the molecule is N[C@H]1C(=O)N(c2ccc(F)cc2)[C@H]1c1cccs1. The molecular weight excluding hydrogens is 251 g/mol. The van der Waals surface area contributed by atoms with Crippen molar-refractivity contribution < 1.29 is 9.18 Å². The van der Waals surface area contributed by atoms with Gasteiger partial charge in [-0.25, -0.2) is 4.39 Å². The molecule has 0 spiro atoms. The number of nitrogens with zero attached hydrogens (tertiary/aromatic N) is 1. The molecule has 5 heteroatoms. The van der Waals surface area contributed by atoms with E-state index in [0.717, 1.165) is 4.88 Å². The summed E-state index contributed by atoms with van der Waals surface area (Å²) in [6.45, 7) is 0. The Labute approximate surface area is 108 Å². The molecule has 2 N–H and O–H groups in total. The number of hydrogen-bond donors (Lipinski definition) is 1. The summed E-state index contributed by atoms with van der Waals surface area (Å²) in [5.74, 6) is -0.441. The van der Waals surface area contributed by atoms with Gasteiger partial charge in [-0.1, -0.05) is 6.07 Å². The summed E-state index contributed by atoms with van der Waals surface area (Å²) in [4.78, 5) is 14.5. The van der Waals surface area contributed by atoms with E-state index in [0.29, 0.717) is 5.69 Å². The van der Waals surface area contributed by atoms with E-state index < -0.39 is 6.04 Å². The Morgan fingerprint density at radius 3 is 2.56 bits per heavy atom. The number of nitrogens with two attached hydrogens (primary N) is 1.